The first-order valence-corrected chi connectivity index (χ1v) is 2.04. The summed E-state index contributed by atoms with van der Waals surface area (Å²) in [6, 6.07) is 0. The molecule has 0 amide bonds. The van der Waals surface area contributed by atoms with Crippen molar-refractivity contribution in [1.29, 1.82) is 0 Å². The number of hydrogen-bond acceptors (Lipinski definition) is 3. The molecule has 0 bridgehead atoms. The van der Waals surface area contributed by atoms with Gasteiger partial charge in [0.1, 0.15) is 12.8 Å². The van der Waals surface area contributed by atoms with Gasteiger partial charge in [0.25, 0.3) is 0 Å². The Morgan fingerprint density at radius 1 is 1.88 bits per heavy atom. The van der Waals surface area contributed by atoms with Crippen LogP contribution in [-0.2, 0) is 9.63 Å². The van der Waals surface area contributed by atoms with E-state index >= 15 is 0 Å². The Labute approximate surface area is 47.6 Å². The SMILES string of the molecule is C=C/C(C=O)=N\OC. The first-order chi connectivity index (χ1) is 3.85. The van der Waals surface area contributed by atoms with Crippen LogP contribution in [0.1, 0.15) is 0 Å². The van der Waals surface area contributed by atoms with Gasteiger partial charge in [-0.25, -0.2) is 0 Å². The summed E-state index contributed by atoms with van der Waals surface area (Å²) in [4.78, 5) is 14.1. The number of oxime groups is 1. The van der Waals surface area contributed by atoms with Crippen molar-refractivity contribution in [2.45, 2.75) is 0 Å². The highest BCUT2D eigenvalue weighted by atomic mass is 16.6. The molecule has 0 unspecified atom stereocenters. The second-order valence-corrected chi connectivity index (χ2v) is 1.02. The molecule has 0 fully saturated rings. The summed E-state index contributed by atoms with van der Waals surface area (Å²) in [6.45, 7) is 3.31. The van der Waals surface area contributed by atoms with Crippen LogP contribution in [-0.4, -0.2) is 19.1 Å². The summed E-state index contributed by atoms with van der Waals surface area (Å²) in [5, 5.41) is 3.29. The van der Waals surface area contributed by atoms with Crippen molar-refractivity contribution >= 4 is 12.0 Å². The molecule has 0 rings (SSSR count). The minimum Gasteiger partial charge on any atom is -0.399 e. The Bertz CT molecular complexity index is 108. The van der Waals surface area contributed by atoms with Crippen molar-refractivity contribution in [3.63, 3.8) is 0 Å². The Morgan fingerprint density at radius 2 is 2.50 bits per heavy atom. The Hall–Kier alpha value is -1.12. The van der Waals surface area contributed by atoms with Crippen LogP contribution in [0.4, 0.5) is 0 Å². The Morgan fingerprint density at radius 3 is 2.62 bits per heavy atom. The van der Waals surface area contributed by atoms with Crippen LogP contribution in [0.3, 0.4) is 0 Å². The first-order valence-electron chi connectivity index (χ1n) is 2.04. The average Bonchev–Trinajstić information content (AvgIpc) is 1.83. The Balaban J connectivity index is 3.85. The quantitative estimate of drug-likeness (QED) is 0.301. The molecule has 0 aliphatic carbocycles. The zero-order chi connectivity index (χ0) is 6.41. The minimum absolute atomic E-state index is 0.201. The molecule has 8 heavy (non-hydrogen) atoms. The molecule has 0 spiro atoms. The number of carbonyl (C=O) groups excluding carboxylic acids is 1. The summed E-state index contributed by atoms with van der Waals surface area (Å²) in [5.41, 5.74) is 0.201. The van der Waals surface area contributed by atoms with Gasteiger partial charge in [0, 0.05) is 0 Å². The highest BCUT2D eigenvalue weighted by Crippen LogP contribution is 1.74. The zero-order valence-corrected chi connectivity index (χ0v) is 4.63. The van der Waals surface area contributed by atoms with Gasteiger partial charge >= 0.3 is 0 Å². The molecular weight excluding hydrogens is 106 g/mol. The van der Waals surface area contributed by atoms with E-state index in [4.69, 9.17) is 0 Å². The van der Waals surface area contributed by atoms with E-state index < -0.39 is 0 Å². The van der Waals surface area contributed by atoms with Crippen LogP contribution in [0.5, 0.6) is 0 Å². The van der Waals surface area contributed by atoms with E-state index in [0.717, 1.165) is 0 Å². The van der Waals surface area contributed by atoms with Crippen molar-refractivity contribution in [2.24, 2.45) is 5.16 Å². The smallest absolute Gasteiger partial charge is 0.171 e. The van der Waals surface area contributed by atoms with E-state index in [-0.39, 0.29) is 5.71 Å². The average molecular weight is 113 g/mol. The van der Waals surface area contributed by atoms with Crippen LogP contribution in [0.15, 0.2) is 17.8 Å². The largest absolute Gasteiger partial charge is 0.399 e. The third-order valence-electron chi connectivity index (χ3n) is 0.527. The second kappa shape index (κ2) is 4.05. The number of aldehydes is 1. The fourth-order valence-electron chi connectivity index (χ4n) is 0.212. The number of nitrogens with zero attached hydrogens (tertiary/aromatic N) is 1. The van der Waals surface area contributed by atoms with Gasteiger partial charge in [-0.2, -0.15) is 0 Å². The molecule has 44 valence electrons. The van der Waals surface area contributed by atoms with E-state index in [0.29, 0.717) is 6.29 Å². The molecule has 0 atom stereocenters. The van der Waals surface area contributed by atoms with Crippen LogP contribution >= 0.6 is 0 Å². The van der Waals surface area contributed by atoms with Crippen molar-refractivity contribution in [2.75, 3.05) is 7.11 Å². The van der Waals surface area contributed by atoms with Gasteiger partial charge in [-0.3, -0.25) is 4.79 Å². The van der Waals surface area contributed by atoms with Crippen molar-refractivity contribution < 1.29 is 9.63 Å². The van der Waals surface area contributed by atoms with E-state index in [1.54, 1.807) is 0 Å². The molecule has 0 aromatic heterocycles. The van der Waals surface area contributed by atoms with Gasteiger partial charge < -0.3 is 4.84 Å². The lowest BCUT2D eigenvalue weighted by atomic mass is 10.4. The lowest BCUT2D eigenvalue weighted by Gasteiger charge is -1.84. The maximum atomic E-state index is 9.84. The number of allylic oxidation sites excluding steroid dienone is 1. The predicted molar refractivity (Wildman–Crippen MR) is 30.7 cm³/mol. The lowest BCUT2D eigenvalue weighted by Crippen LogP contribution is -1.93. The topological polar surface area (TPSA) is 38.7 Å². The third-order valence-corrected chi connectivity index (χ3v) is 0.527. The molecular formula is C5H7NO2. The molecule has 0 radical (unpaired) electrons. The van der Waals surface area contributed by atoms with Gasteiger partial charge in [0.15, 0.2) is 6.29 Å². The monoisotopic (exact) mass is 113 g/mol. The van der Waals surface area contributed by atoms with Gasteiger partial charge in [-0.1, -0.05) is 11.7 Å². The van der Waals surface area contributed by atoms with E-state index in [1.807, 2.05) is 0 Å². The van der Waals surface area contributed by atoms with Gasteiger partial charge in [0.05, 0.1) is 0 Å². The predicted octanol–water partition coefficient (Wildman–Crippen LogP) is 0.374. The summed E-state index contributed by atoms with van der Waals surface area (Å²) in [5.74, 6) is 0. The van der Waals surface area contributed by atoms with Crippen LogP contribution in [0, 0.1) is 0 Å². The fraction of sp³-hybridized carbons (Fsp3) is 0.200. The highest BCUT2D eigenvalue weighted by Gasteiger charge is 1.84. The normalized spacial score (nSPS) is 10.4. The van der Waals surface area contributed by atoms with E-state index in [1.165, 1.54) is 13.2 Å². The van der Waals surface area contributed by atoms with Crippen molar-refractivity contribution in [1.82, 2.24) is 0 Å². The third kappa shape index (κ3) is 2.12. The number of carbonyl (C=O) groups is 1. The lowest BCUT2D eigenvalue weighted by molar-refractivity contribution is -0.102. The molecule has 0 N–H and O–H groups in total. The maximum absolute atomic E-state index is 9.84. The van der Waals surface area contributed by atoms with Crippen LogP contribution in [0.25, 0.3) is 0 Å². The first kappa shape index (κ1) is 6.88. The molecule has 3 heteroatoms. The molecule has 0 aromatic carbocycles. The highest BCUT2D eigenvalue weighted by molar-refractivity contribution is 6.33. The summed E-state index contributed by atoms with van der Waals surface area (Å²) in [6.07, 6.45) is 1.88. The molecule has 3 nitrogen and oxygen atoms in total. The van der Waals surface area contributed by atoms with Crippen molar-refractivity contribution in [3.8, 4) is 0 Å². The van der Waals surface area contributed by atoms with E-state index in [9.17, 15) is 4.79 Å². The Kier molecular flexibility index (Phi) is 3.48. The molecule has 0 aliphatic rings. The molecule has 0 saturated heterocycles. The second-order valence-electron chi connectivity index (χ2n) is 1.02. The summed E-state index contributed by atoms with van der Waals surface area (Å²) >= 11 is 0. The maximum Gasteiger partial charge on any atom is 0.171 e. The number of rotatable bonds is 3. The van der Waals surface area contributed by atoms with Crippen LogP contribution < -0.4 is 0 Å². The van der Waals surface area contributed by atoms with E-state index in [2.05, 4.69) is 16.6 Å². The molecule has 0 aliphatic heterocycles. The molecule has 0 aromatic rings. The van der Waals surface area contributed by atoms with Gasteiger partial charge in [-0.15, -0.1) is 0 Å². The van der Waals surface area contributed by atoms with Crippen LogP contribution in [0.2, 0.25) is 0 Å². The van der Waals surface area contributed by atoms with Gasteiger partial charge in [0.2, 0.25) is 0 Å². The van der Waals surface area contributed by atoms with Gasteiger partial charge in [-0.05, 0) is 6.08 Å². The van der Waals surface area contributed by atoms with Crippen molar-refractivity contribution in [3.05, 3.63) is 12.7 Å². The minimum atomic E-state index is 0.201. The zero-order valence-electron chi connectivity index (χ0n) is 4.63. The number of hydrogen-bond donors (Lipinski definition) is 0. The fourth-order valence-corrected chi connectivity index (χ4v) is 0.212. The molecule has 0 saturated carbocycles. The summed E-state index contributed by atoms with van der Waals surface area (Å²) in [7, 11) is 1.37. The molecule has 0 heterocycles. The standard InChI is InChI=1S/C5H7NO2/c1-3-5(4-7)6-8-2/h3-4H,1H2,2H3/b6-5+. The summed E-state index contributed by atoms with van der Waals surface area (Å²) < 4.78 is 0.